The lowest BCUT2D eigenvalue weighted by Gasteiger charge is -2.08. The van der Waals surface area contributed by atoms with Crippen LogP contribution in [0, 0.1) is 15.9 Å². The highest BCUT2D eigenvalue weighted by Crippen LogP contribution is 2.28. The lowest BCUT2D eigenvalue weighted by Crippen LogP contribution is -2.00. The Morgan fingerprint density at radius 1 is 1.20 bits per heavy atom. The van der Waals surface area contributed by atoms with E-state index in [9.17, 15) is 19.3 Å². The van der Waals surface area contributed by atoms with Gasteiger partial charge in [0.25, 0.3) is 5.69 Å². The zero-order chi connectivity index (χ0) is 14.7. The molecule has 2 aromatic carbocycles. The summed E-state index contributed by atoms with van der Waals surface area (Å²) in [5.41, 5.74) is 0.820. The van der Waals surface area contributed by atoms with E-state index in [2.05, 4.69) is 5.32 Å². The second-order valence-corrected chi connectivity index (χ2v) is 4.18. The highest BCUT2D eigenvalue weighted by atomic mass is 19.1. The molecule has 0 amide bonds. The molecule has 5 nitrogen and oxygen atoms in total. The summed E-state index contributed by atoms with van der Waals surface area (Å²) in [4.78, 5) is 21.7. The van der Waals surface area contributed by atoms with Crippen molar-refractivity contribution in [3.05, 3.63) is 64.0 Å². The highest BCUT2D eigenvalue weighted by Gasteiger charge is 2.16. The maximum atomic E-state index is 12.8. The lowest BCUT2D eigenvalue weighted by atomic mass is 10.1. The normalized spacial score (nSPS) is 10.1. The van der Waals surface area contributed by atoms with Gasteiger partial charge in [-0.05, 0) is 43.3 Å². The van der Waals surface area contributed by atoms with Crippen molar-refractivity contribution in [1.82, 2.24) is 0 Å². The number of ketones is 1. The van der Waals surface area contributed by atoms with Gasteiger partial charge in [0.1, 0.15) is 11.5 Å². The predicted octanol–water partition coefficient (Wildman–Crippen LogP) is 3.68. The molecule has 0 heterocycles. The van der Waals surface area contributed by atoms with Crippen LogP contribution in [-0.4, -0.2) is 10.7 Å². The molecule has 6 heteroatoms. The van der Waals surface area contributed by atoms with Gasteiger partial charge in [-0.1, -0.05) is 0 Å². The fourth-order valence-corrected chi connectivity index (χ4v) is 1.70. The first-order chi connectivity index (χ1) is 9.47. The molecule has 102 valence electrons. The molecular formula is C14H11FN2O3. The van der Waals surface area contributed by atoms with Crippen LogP contribution in [0.3, 0.4) is 0 Å². The number of benzene rings is 2. The minimum atomic E-state index is -0.571. The number of nitrogens with one attached hydrogen (secondary N) is 1. The fourth-order valence-electron chi connectivity index (χ4n) is 1.70. The van der Waals surface area contributed by atoms with Crippen LogP contribution in [0.2, 0.25) is 0 Å². The number of carbonyl (C=O) groups excluding carboxylic acids is 1. The zero-order valence-electron chi connectivity index (χ0n) is 10.6. The number of carbonyl (C=O) groups is 1. The van der Waals surface area contributed by atoms with Gasteiger partial charge < -0.3 is 5.32 Å². The second-order valence-electron chi connectivity index (χ2n) is 4.18. The molecule has 0 saturated carbocycles. The number of anilines is 2. The van der Waals surface area contributed by atoms with Gasteiger partial charge in [-0.15, -0.1) is 0 Å². The monoisotopic (exact) mass is 274 g/mol. The van der Waals surface area contributed by atoms with Crippen molar-refractivity contribution < 1.29 is 14.1 Å². The van der Waals surface area contributed by atoms with E-state index in [-0.39, 0.29) is 22.7 Å². The number of nitrogens with zero attached hydrogens (tertiary/aromatic N) is 1. The van der Waals surface area contributed by atoms with Crippen molar-refractivity contribution in [2.75, 3.05) is 5.32 Å². The second kappa shape index (κ2) is 5.48. The van der Waals surface area contributed by atoms with Crippen molar-refractivity contribution in [2.24, 2.45) is 0 Å². The smallest absolute Gasteiger partial charge is 0.293 e. The third-order valence-corrected chi connectivity index (χ3v) is 2.72. The summed E-state index contributed by atoms with van der Waals surface area (Å²) in [6.45, 7) is 1.34. The van der Waals surface area contributed by atoms with Gasteiger partial charge in [-0.2, -0.15) is 0 Å². The maximum Gasteiger partial charge on any atom is 0.293 e. The molecule has 2 aromatic rings. The number of hydrogen-bond donors (Lipinski definition) is 1. The Morgan fingerprint density at radius 2 is 1.85 bits per heavy atom. The average molecular weight is 274 g/mol. The molecule has 2 rings (SSSR count). The molecule has 0 unspecified atom stereocenters. The molecule has 0 saturated heterocycles. The van der Waals surface area contributed by atoms with E-state index in [1.54, 1.807) is 0 Å². The van der Waals surface area contributed by atoms with E-state index in [1.165, 1.54) is 49.4 Å². The molecular weight excluding hydrogens is 263 g/mol. The number of rotatable bonds is 4. The standard InChI is InChI=1S/C14H11FN2O3/c1-9(18)10-2-7-13(14(8-10)17(19)20)16-12-5-3-11(15)4-6-12/h2-8,16H,1H3. The molecule has 0 bridgehead atoms. The first-order valence-electron chi connectivity index (χ1n) is 5.79. The van der Waals surface area contributed by atoms with Crippen LogP contribution in [0.5, 0.6) is 0 Å². The fraction of sp³-hybridized carbons (Fsp3) is 0.0714. The Bertz CT molecular complexity index is 669. The van der Waals surface area contributed by atoms with E-state index in [0.717, 1.165) is 0 Å². The van der Waals surface area contributed by atoms with Gasteiger partial charge in [-0.25, -0.2) is 4.39 Å². The van der Waals surface area contributed by atoms with Crippen LogP contribution in [0.4, 0.5) is 21.5 Å². The third kappa shape index (κ3) is 2.97. The van der Waals surface area contributed by atoms with Crippen molar-refractivity contribution in [2.45, 2.75) is 6.92 Å². The molecule has 0 aromatic heterocycles. The van der Waals surface area contributed by atoms with Gasteiger partial charge in [0.15, 0.2) is 5.78 Å². The molecule has 0 spiro atoms. The zero-order valence-corrected chi connectivity index (χ0v) is 10.6. The van der Waals surface area contributed by atoms with Gasteiger partial charge in [0, 0.05) is 17.3 Å². The summed E-state index contributed by atoms with van der Waals surface area (Å²) in [5.74, 6) is -0.640. The molecule has 0 fully saturated rings. The number of nitro benzene ring substituents is 1. The summed E-state index contributed by atoms with van der Waals surface area (Å²) in [6, 6.07) is 9.61. The minimum Gasteiger partial charge on any atom is -0.350 e. The van der Waals surface area contributed by atoms with Gasteiger partial charge in [0.05, 0.1) is 4.92 Å². The topological polar surface area (TPSA) is 72.2 Å². The molecule has 0 atom stereocenters. The van der Waals surface area contributed by atoms with E-state index in [4.69, 9.17) is 0 Å². The van der Waals surface area contributed by atoms with Gasteiger partial charge in [-0.3, -0.25) is 14.9 Å². The minimum absolute atomic E-state index is 0.206. The highest BCUT2D eigenvalue weighted by molar-refractivity contribution is 5.95. The van der Waals surface area contributed by atoms with Crippen LogP contribution >= 0.6 is 0 Å². The Kier molecular flexibility index (Phi) is 3.74. The summed E-state index contributed by atoms with van der Waals surface area (Å²) in [7, 11) is 0. The largest absolute Gasteiger partial charge is 0.350 e. The van der Waals surface area contributed by atoms with Crippen molar-refractivity contribution in [3.63, 3.8) is 0 Å². The van der Waals surface area contributed by atoms with Gasteiger partial charge >= 0.3 is 0 Å². The average Bonchev–Trinajstić information content (AvgIpc) is 2.41. The van der Waals surface area contributed by atoms with Crippen LogP contribution in [0.25, 0.3) is 0 Å². The summed E-state index contributed by atoms with van der Waals surface area (Å²) < 4.78 is 12.8. The number of hydrogen-bond acceptors (Lipinski definition) is 4. The Hall–Kier alpha value is -2.76. The number of nitro groups is 1. The third-order valence-electron chi connectivity index (χ3n) is 2.72. The maximum absolute atomic E-state index is 12.8. The summed E-state index contributed by atoms with van der Waals surface area (Å²) >= 11 is 0. The van der Waals surface area contributed by atoms with E-state index in [1.807, 2.05) is 0 Å². The van der Waals surface area contributed by atoms with Gasteiger partial charge in [0.2, 0.25) is 0 Å². The van der Waals surface area contributed by atoms with E-state index >= 15 is 0 Å². The lowest BCUT2D eigenvalue weighted by molar-refractivity contribution is -0.383. The summed E-state index contributed by atoms with van der Waals surface area (Å²) in [6.07, 6.45) is 0. The number of halogens is 1. The Morgan fingerprint density at radius 3 is 2.40 bits per heavy atom. The van der Waals surface area contributed by atoms with Crippen LogP contribution in [-0.2, 0) is 0 Å². The van der Waals surface area contributed by atoms with E-state index in [0.29, 0.717) is 5.69 Å². The first-order valence-corrected chi connectivity index (χ1v) is 5.79. The molecule has 0 aliphatic carbocycles. The SMILES string of the molecule is CC(=O)c1ccc(Nc2ccc(F)cc2)c([N+](=O)[O-])c1. The van der Waals surface area contributed by atoms with E-state index < -0.39 is 10.7 Å². The molecule has 0 aliphatic heterocycles. The molecule has 0 radical (unpaired) electrons. The predicted molar refractivity (Wildman–Crippen MR) is 72.8 cm³/mol. The van der Waals surface area contributed by atoms with Crippen LogP contribution < -0.4 is 5.32 Å². The number of Topliss-reactive ketones (excluding diaryl/α,β-unsaturated/α-hetero) is 1. The van der Waals surface area contributed by atoms with Crippen molar-refractivity contribution in [1.29, 1.82) is 0 Å². The molecule has 1 N–H and O–H groups in total. The van der Waals surface area contributed by atoms with Crippen LogP contribution in [0.15, 0.2) is 42.5 Å². The first kappa shape index (κ1) is 13.7. The molecule has 20 heavy (non-hydrogen) atoms. The van der Waals surface area contributed by atoms with Crippen LogP contribution in [0.1, 0.15) is 17.3 Å². The van der Waals surface area contributed by atoms with Crippen molar-refractivity contribution >= 4 is 22.8 Å². The molecule has 0 aliphatic rings. The summed E-state index contributed by atoms with van der Waals surface area (Å²) in [5, 5.41) is 13.9. The quantitative estimate of drug-likeness (QED) is 0.524. The Balaban J connectivity index is 2.38. The van der Waals surface area contributed by atoms with Crippen molar-refractivity contribution in [3.8, 4) is 0 Å². The Labute approximate surface area is 114 Å².